The molecule has 0 spiro atoms. The number of carboxylic acids is 2. The Hall–Kier alpha value is -3.73. The lowest BCUT2D eigenvalue weighted by atomic mass is 9.94. The molecule has 3 rings (SSSR count). The Balaban J connectivity index is 1.98. The van der Waals surface area contributed by atoms with E-state index < -0.39 is 11.9 Å². The molecule has 5 nitrogen and oxygen atoms in total. The lowest BCUT2D eigenvalue weighted by Crippen LogP contribution is -1.96. The smallest absolute Gasteiger partial charge is 0.335 e. The summed E-state index contributed by atoms with van der Waals surface area (Å²) in [6, 6.07) is 18.1. The molecular formula is C21H14O5. The normalized spacial score (nSPS) is 10.3. The van der Waals surface area contributed by atoms with Crippen LogP contribution in [0.3, 0.4) is 0 Å². The molecule has 0 bridgehead atoms. The van der Waals surface area contributed by atoms with Crippen LogP contribution < -0.4 is 0 Å². The molecule has 0 aromatic heterocycles. The van der Waals surface area contributed by atoms with Crippen LogP contribution in [0.4, 0.5) is 0 Å². The summed E-state index contributed by atoms with van der Waals surface area (Å²) in [6.07, 6.45) is 0.746. The molecule has 26 heavy (non-hydrogen) atoms. The molecule has 3 aromatic carbocycles. The number of carbonyl (C=O) groups excluding carboxylic acids is 1. The van der Waals surface area contributed by atoms with Gasteiger partial charge < -0.3 is 10.2 Å². The van der Waals surface area contributed by atoms with Crippen LogP contribution in [-0.2, 0) is 0 Å². The number of benzene rings is 3. The summed E-state index contributed by atoms with van der Waals surface area (Å²) in [5.74, 6) is -2.00. The van der Waals surface area contributed by atoms with E-state index in [1.807, 2.05) is 6.07 Å². The van der Waals surface area contributed by atoms with E-state index in [4.69, 9.17) is 10.2 Å². The first-order valence-corrected chi connectivity index (χ1v) is 7.76. The lowest BCUT2D eigenvalue weighted by Gasteiger charge is -2.09. The number of aldehydes is 1. The molecule has 0 unspecified atom stereocenters. The molecule has 0 saturated heterocycles. The van der Waals surface area contributed by atoms with Crippen LogP contribution in [0.5, 0.6) is 0 Å². The summed E-state index contributed by atoms with van der Waals surface area (Å²) in [6.45, 7) is 0. The quantitative estimate of drug-likeness (QED) is 0.675. The zero-order chi connectivity index (χ0) is 18.7. The maximum Gasteiger partial charge on any atom is 0.335 e. The minimum atomic E-state index is -1.01. The van der Waals surface area contributed by atoms with Gasteiger partial charge in [-0.2, -0.15) is 0 Å². The average molecular weight is 346 g/mol. The molecule has 0 radical (unpaired) electrons. The van der Waals surface area contributed by atoms with Gasteiger partial charge in [-0.1, -0.05) is 36.4 Å². The Labute approximate surface area is 149 Å². The van der Waals surface area contributed by atoms with Crippen molar-refractivity contribution in [3.05, 3.63) is 83.4 Å². The van der Waals surface area contributed by atoms with Crippen molar-refractivity contribution in [2.24, 2.45) is 0 Å². The van der Waals surface area contributed by atoms with Gasteiger partial charge in [0.1, 0.15) is 0 Å². The zero-order valence-electron chi connectivity index (χ0n) is 13.5. The zero-order valence-corrected chi connectivity index (χ0v) is 13.5. The summed E-state index contributed by atoms with van der Waals surface area (Å²) >= 11 is 0. The molecule has 2 N–H and O–H groups in total. The van der Waals surface area contributed by atoms with E-state index in [0.717, 1.165) is 23.0 Å². The van der Waals surface area contributed by atoms with Gasteiger partial charge in [0, 0.05) is 5.56 Å². The predicted molar refractivity (Wildman–Crippen MR) is 96.6 cm³/mol. The number of carboxylic acid groups (broad SMARTS) is 2. The summed E-state index contributed by atoms with van der Waals surface area (Å²) in [5, 5.41) is 17.9. The molecule has 0 saturated carbocycles. The monoisotopic (exact) mass is 346 g/mol. The highest BCUT2D eigenvalue weighted by atomic mass is 16.4. The maximum atomic E-state index is 11.5. The summed E-state index contributed by atoms with van der Waals surface area (Å²) in [5.41, 5.74) is 3.86. The van der Waals surface area contributed by atoms with Crippen molar-refractivity contribution >= 4 is 18.2 Å². The second kappa shape index (κ2) is 7.03. The van der Waals surface area contributed by atoms with Crippen LogP contribution in [0.2, 0.25) is 0 Å². The highest BCUT2D eigenvalue weighted by Crippen LogP contribution is 2.28. The number of hydrogen-bond donors (Lipinski definition) is 2. The molecule has 0 aliphatic rings. The van der Waals surface area contributed by atoms with Gasteiger partial charge in [0.2, 0.25) is 0 Å². The summed E-state index contributed by atoms with van der Waals surface area (Å²) < 4.78 is 0. The van der Waals surface area contributed by atoms with Crippen molar-refractivity contribution < 1.29 is 24.6 Å². The Morgan fingerprint density at radius 1 is 0.654 bits per heavy atom. The third kappa shape index (κ3) is 3.37. The Morgan fingerprint density at radius 2 is 1.12 bits per heavy atom. The van der Waals surface area contributed by atoms with E-state index >= 15 is 0 Å². The molecule has 3 aromatic rings. The fourth-order valence-electron chi connectivity index (χ4n) is 2.70. The van der Waals surface area contributed by atoms with Gasteiger partial charge in [0.25, 0.3) is 0 Å². The van der Waals surface area contributed by atoms with Gasteiger partial charge in [-0.15, -0.1) is 0 Å². The van der Waals surface area contributed by atoms with E-state index in [0.29, 0.717) is 11.1 Å². The predicted octanol–water partition coefficient (Wildman–Crippen LogP) is 4.23. The van der Waals surface area contributed by atoms with Gasteiger partial charge in [-0.25, -0.2) is 9.59 Å². The maximum absolute atomic E-state index is 11.5. The van der Waals surface area contributed by atoms with Crippen molar-refractivity contribution in [2.45, 2.75) is 0 Å². The first-order valence-electron chi connectivity index (χ1n) is 7.76. The Kier molecular flexibility index (Phi) is 4.62. The molecular weight excluding hydrogens is 332 g/mol. The van der Waals surface area contributed by atoms with Gasteiger partial charge >= 0.3 is 11.9 Å². The van der Waals surface area contributed by atoms with Crippen LogP contribution >= 0.6 is 0 Å². The SMILES string of the molecule is O=Cc1cc(-c2ccc(C(=O)O)cc2)ccc1-c1ccc(C(=O)O)cc1. The molecule has 0 aliphatic heterocycles. The third-order valence-electron chi connectivity index (χ3n) is 4.09. The lowest BCUT2D eigenvalue weighted by molar-refractivity contribution is 0.0686. The van der Waals surface area contributed by atoms with E-state index in [-0.39, 0.29) is 11.1 Å². The Morgan fingerprint density at radius 3 is 1.58 bits per heavy atom. The standard InChI is InChI=1S/C21H14O5/c22-12-18-11-17(13-1-5-15(6-2-13)20(23)24)9-10-19(18)14-3-7-16(8-4-14)21(25)26/h1-12H,(H,23,24)(H,25,26). The number of aromatic carboxylic acids is 2. The number of rotatable bonds is 5. The third-order valence-corrected chi connectivity index (χ3v) is 4.09. The van der Waals surface area contributed by atoms with E-state index in [1.54, 1.807) is 36.4 Å². The first-order chi connectivity index (χ1) is 12.5. The van der Waals surface area contributed by atoms with Crippen LogP contribution in [0, 0.1) is 0 Å². The van der Waals surface area contributed by atoms with Crippen LogP contribution in [-0.4, -0.2) is 28.4 Å². The van der Waals surface area contributed by atoms with Crippen LogP contribution in [0.15, 0.2) is 66.7 Å². The minimum Gasteiger partial charge on any atom is -0.478 e. The molecule has 0 aliphatic carbocycles. The van der Waals surface area contributed by atoms with Crippen molar-refractivity contribution in [2.75, 3.05) is 0 Å². The molecule has 0 atom stereocenters. The molecule has 0 heterocycles. The topological polar surface area (TPSA) is 91.7 Å². The van der Waals surface area contributed by atoms with Crippen molar-refractivity contribution in [3.63, 3.8) is 0 Å². The fourth-order valence-corrected chi connectivity index (χ4v) is 2.70. The van der Waals surface area contributed by atoms with Gasteiger partial charge in [0.15, 0.2) is 6.29 Å². The van der Waals surface area contributed by atoms with Crippen LogP contribution in [0.25, 0.3) is 22.3 Å². The molecule has 5 heteroatoms. The molecule has 128 valence electrons. The second-order valence-electron chi connectivity index (χ2n) is 5.68. The van der Waals surface area contributed by atoms with Crippen LogP contribution in [0.1, 0.15) is 31.1 Å². The average Bonchev–Trinajstić information content (AvgIpc) is 2.67. The van der Waals surface area contributed by atoms with Gasteiger partial charge in [-0.3, -0.25) is 4.79 Å². The van der Waals surface area contributed by atoms with E-state index in [1.165, 1.54) is 24.3 Å². The second-order valence-corrected chi connectivity index (χ2v) is 5.68. The largest absolute Gasteiger partial charge is 0.478 e. The fraction of sp³-hybridized carbons (Fsp3) is 0. The van der Waals surface area contributed by atoms with Crippen molar-refractivity contribution in [1.82, 2.24) is 0 Å². The van der Waals surface area contributed by atoms with Crippen molar-refractivity contribution in [3.8, 4) is 22.3 Å². The van der Waals surface area contributed by atoms with E-state index in [9.17, 15) is 14.4 Å². The van der Waals surface area contributed by atoms with Crippen molar-refractivity contribution in [1.29, 1.82) is 0 Å². The minimum absolute atomic E-state index is 0.177. The summed E-state index contributed by atoms with van der Waals surface area (Å²) in [4.78, 5) is 33.4. The number of hydrogen-bond acceptors (Lipinski definition) is 3. The van der Waals surface area contributed by atoms with Gasteiger partial charge in [-0.05, 0) is 52.6 Å². The van der Waals surface area contributed by atoms with E-state index in [2.05, 4.69) is 0 Å². The van der Waals surface area contributed by atoms with Gasteiger partial charge in [0.05, 0.1) is 11.1 Å². The Bertz CT molecular complexity index is 986. The first kappa shape index (κ1) is 17.1. The number of carbonyl (C=O) groups is 3. The molecule has 0 amide bonds. The summed E-state index contributed by atoms with van der Waals surface area (Å²) in [7, 11) is 0. The molecule has 0 fully saturated rings. The highest BCUT2D eigenvalue weighted by Gasteiger charge is 2.10. The highest BCUT2D eigenvalue weighted by molar-refractivity contribution is 5.92.